The number of hydrogen-bond acceptors (Lipinski definition) is 8. The van der Waals surface area contributed by atoms with Crippen LogP contribution in [0.4, 0.5) is 36.7 Å². The van der Waals surface area contributed by atoms with E-state index in [0.717, 1.165) is 25.0 Å². The summed E-state index contributed by atoms with van der Waals surface area (Å²) >= 11 is 0. The van der Waals surface area contributed by atoms with E-state index in [2.05, 4.69) is 31.2 Å². The average molecular weight is 492 g/mol. The molecule has 6 N–H and O–H groups in total. The van der Waals surface area contributed by atoms with Crippen molar-refractivity contribution in [2.45, 2.75) is 58.2 Å². The van der Waals surface area contributed by atoms with Crippen LogP contribution in [0.3, 0.4) is 0 Å². The molecule has 1 aliphatic rings. The highest BCUT2D eigenvalue weighted by atomic mass is 19.1. The standard InChI is InChI=1S/C23H31F2N7O3/c1-11(29-22(34)35-23(2,3)4)17(12-6-7-12)31-21-16(25)9-14(18(26)33)19(32-21)30-13-8-15(24)20(27-5)28-10-13/h8-12,17H,6-7H2,1-5H3,(H2,26,33)(H,27,28)(H,29,34)(H2,30,31,32)/t11-,17-/m0/s1. The molecule has 0 saturated heterocycles. The number of carbonyl (C=O) groups excluding carboxylic acids is 2. The zero-order valence-corrected chi connectivity index (χ0v) is 20.3. The van der Waals surface area contributed by atoms with Crippen LogP contribution in [0, 0.1) is 17.6 Å². The number of halogens is 2. The summed E-state index contributed by atoms with van der Waals surface area (Å²) in [6.45, 7) is 7.06. The van der Waals surface area contributed by atoms with Crippen LogP contribution in [0.5, 0.6) is 0 Å². The highest BCUT2D eigenvalue weighted by molar-refractivity contribution is 5.98. The van der Waals surface area contributed by atoms with Crippen molar-refractivity contribution in [2.75, 3.05) is 23.0 Å². The van der Waals surface area contributed by atoms with Crippen molar-refractivity contribution in [3.8, 4) is 0 Å². The second-order valence-electron chi connectivity index (χ2n) is 9.45. The van der Waals surface area contributed by atoms with Gasteiger partial charge in [0.1, 0.15) is 11.4 Å². The second-order valence-corrected chi connectivity index (χ2v) is 9.45. The van der Waals surface area contributed by atoms with E-state index in [0.29, 0.717) is 0 Å². The molecule has 1 aliphatic carbocycles. The first-order valence-corrected chi connectivity index (χ1v) is 11.2. The van der Waals surface area contributed by atoms with Gasteiger partial charge in [-0.3, -0.25) is 4.79 Å². The van der Waals surface area contributed by atoms with E-state index in [-0.39, 0.29) is 40.7 Å². The Bertz CT molecular complexity index is 1100. The van der Waals surface area contributed by atoms with Gasteiger partial charge in [-0.15, -0.1) is 0 Å². The van der Waals surface area contributed by atoms with Crippen molar-refractivity contribution in [3.63, 3.8) is 0 Å². The lowest BCUT2D eigenvalue weighted by atomic mass is 10.0. The molecule has 10 nitrogen and oxygen atoms in total. The Balaban J connectivity index is 1.85. The number of nitrogens with one attached hydrogen (secondary N) is 4. The molecule has 0 bridgehead atoms. The third-order valence-corrected chi connectivity index (χ3v) is 5.30. The third-order valence-electron chi connectivity index (χ3n) is 5.30. The maximum Gasteiger partial charge on any atom is 0.407 e. The zero-order chi connectivity index (χ0) is 25.9. The number of primary amides is 1. The monoisotopic (exact) mass is 491 g/mol. The van der Waals surface area contributed by atoms with Gasteiger partial charge < -0.3 is 31.7 Å². The summed E-state index contributed by atoms with van der Waals surface area (Å²) < 4.78 is 34.4. The first kappa shape index (κ1) is 25.9. The summed E-state index contributed by atoms with van der Waals surface area (Å²) in [6, 6.07) is 1.34. The van der Waals surface area contributed by atoms with Gasteiger partial charge in [0.15, 0.2) is 23.3 Å². The van der Waals surface area contributed by atoms with Crippen molar-refractivity contribution in [2.24, 2.45) is 11.7 Å². The van der Waals surface area contributed by atoms with E-state index in [9.17, 15) is 18.4 Å². The van der Waals surface area contributed by atoms with Crippen molar-refractivity contribution >= 4 is 35.1 Å². The van der Waals surface area contributed by atoms with Crippen LogP contribution >= 0.6 is 0 Å². The maximum absolute atomic E-state index is 14.9. The number of carbonyl (C=O) groups is 2. The Labute approximate surface area is 202 Å². The van der Waals surface area contributed by atoms with E-state index in [4.69, 9.17) is 10.5 Å². The van der Waals surface area contributed by atoms with Crippen molar-refractivity contribution < 1.29 is 23.1 Å². The van der Waals surface area contributed by atoms with Gasteiger partial charge in [0.25, 0.3) is 5.91 Å². The van der Waals surface area contributed by atoms with Crippen LogP contribution in [0.1, 0.15) is 50.9 Å². The fourth-order valence-corrected chi connectivity index (χ4v) is 3.55. The molecule has 190 valence electrons. The first-order chi connectivity index (χ1) is 16.4. The molecule has 1 saturated carbocycles. The molecule has 1 fully saturated rings. The summed E-state index contributed by atoms with van der Waals surface area (Å²) in [5, 5.41) is 11.2. The first-order valence-electron chi connectivity index (χ1n) is 11.2. The molecule has 0 aliphatic heterocycles. The number of hydrogen-bond donors (Lipinski definition) is 5. The lowest BCUT2D eigenvalue weighted by molar-refractivity contribution is 0.0501. The van der Waals surface area contributed by atoms with E-state index >= 15 is 0 Å². The normalized spacial score (nSPS) is 15.1. The molecule has 0 unspecified atom stereocenters. The molecule has 35 heavy (non-hydrogen) atoms. The quantitative estimate of drug-likeness (QED) is 0.357. The van der Waals surface area contributed by atoms with E-state index in [1.54, 1.807) is 27.7 Å². The zero-order valence-electron chi connectivity index (χ0n) is 20.3. The second kappa shape index (κ2) is 10.3. The van der Waals surface area contributed by atoms with Crippen molar-refractivity contribution in [1.29, 1.82) is 0 Å². The smallest absolute Gasteiger partial charge is 0.407 e. The Morgan fingerprint density at radius 1 is 1.14 bits per heavy atom. The topological polar surface area (TPSA) is 143 Å². The number of nitrogens with two attached hydrogens (primary N) is 1. The van der Waals surface area contributed by atoms with E-state index in [1.165, 1.54) is 13.2 Å². The molecule has 3 rings (SSSR count). The Hall–Kier alpha value is -3.70. The van der Waals surface area contributed by atoms with Crippen LogP contribution in [-0.4, -0.2) is 46.7 Å². The number of alkyl carbamates (subject to hydrolysis) is 1. The Kier molecular flexibility index (Phi) is 7.61. The molecular weight excluding hydrogens is 460 g/mol. The predicted octanol–water partition coefficient (Wildman–Crippen LogP) is 3.74. The van der Waals surface area contributed by atoms with Crippen molar-refractivity contribution in [1.82, 2.24) is 15.3 Å². The lowest BCUT2D eigenvalue weighted by Gasteiger charge is -2.28. The van der Waals surface area contributed by atoms with E-state index < -0.39 is 35.3 Å². The number of rotatable bonds is 9. The molecule has 2 heterocycles. The summed E-state index contributed by atoms with van der Waals surface area (Å²) in [5.74, 6) is -2.33. The molecule has 2 aromatic rings. The highest BCUT2D eigenvalue weighted by Crippen LogP contribution is 2.36. The van der Waals surface area contributed by atoms with Gasteiger partial charge in [-0.2, -0.15) is 0 Å². The molecule has 2 amide bonds. The molecule has 0 aromatic carbocycles. The van der Waals surface area contributed by atoms with Gasteiger partial charge in [-0.1, -0.05) is 0 Å². The van der Waals surface area contributed by atoms with Crippen LogP contribution in [0.25, 0.3) is 0 Å². The number of nitrogens with zero attached hydrogens (tertiary/aromatic N) is 2. The van der Waals surface area contributed by atoms with Crippen LogP contribution in [0.2, 0.25) is 0 Å². The van der Waals surface area contributed by atoms with Crippen LogP contribution in [-0.2, 0) is 4.74 Å². The van der Waals surface area contributed by atoms with Crippen molar-refractivity contribution in [3.05, 3.63) is 35.5 Å². The summed E-state index contributed by atoms with van der Waals surface area (Å²) in [4.78, 5) is 32.3. The van der Waals surface area contributed by atoms with Crippen LogP contribution in [0.15, 0.2) is 18.3 Å². The number of anilines is 4. The fraction of sp³-hybridized carbons (Fsp3) is 0.478. The minimum Gasteiger partial charge on any atom is -0.444 e. The SMILES string of the molecule is CNc1ncc(Nc2nc(N[C@H](C3CC3)[C@H](C)NC(=O)OC(C)(C)C)c(F)cc2C(N)=O)cc1F. The molecule has 2 aromatic heterocycles. The maximum atomic E-state index is 14.9. The van der Waals surface area contributed by atoms with Gasteiger partial charge >= 0.3 is 6.09 Å². The summed E-state index contributed by atoms with van der Waals surface area (Å²) in [7, 11) is 1.53. The molecule has 12 heteroatoms. The van der Waals surface area contributed by atoms with Gasteiger partial charge in [-0.05, 0) is 52.5 Å². The molecular formula is C23H31F2N7O3. The Morgan fingerprint density at radius 3 is 2.34 bits per heavy atom. The number of amides is 2. The van der Waals surface area contributed by atoms with Gasteiger partial charge in [0, 0.05) is 19.2 Å². The molecule has 2 atom stereocenters. The van der Waals surface area contributed by atoms with Gasteiger partial charge in [0.2, 0.25) is 0 Å². The van der Waals surface area contributed by atoms with Crippen LogP contribution < -0.4 is 27.0 Å². The minimum absolute atomic E-state index is 0.0406. The number of ether oxygens (including phenoxy) is 1. The number of pyridine rings is 2. The average Bonchev–Trinajstić information content (AvgIpc) is 3.57. The largest absolute Gasteiger partial charge is 0.444 e. The van der Waals surface area contributed by atoms with Gasteiger partial charge in [0.05, 0.1) is 23.5 Å². The third kappa shape index (κ3) is 6.90. The summed E-state index contributed by atoms with van der Waals surface area (Å²) in [6.07, 6.45) is 2.54. The Morgan fingerprint density at radius 2 is 1.80 bits per heavy atom. The van der Waals surface area contributed by atoms with E-state index in [1.807, 2.05) is 0 Å². The lowest BCUT2D eigenvalue weighted by Crippen LogP contribution is -2.47. The summed E-state index contributed by atoms with van der Waals surface area (Å²) in [5.41, 5.74) is 4.72. The molecule has 0 radical (unpaired) electrons. The number of aromatic nitrogens is 2. The predicted molar refractivity (Wildman–Crippen MR) is 129 cm³/mol. The highest BCUT2D eigenvalue weighted by Gasteiger charge is 2.37. The van der Waals surface area contributed by atoms with Gasteiger partial charge in [-0.25, -0.2) is 23.5 Å². The molecule has 0 spiro atoms. The minimum atomic E-state index is -0.913. The fourth-order valence-electron chi connectivity index (χ4n) is 3.55.